The normalized spacial score (nSPS) is 16.2. The summed E-state index contributed by atoms with van der Waals surface area (Å²) in [4.78, 5) is 30.7. The fourth-order valence-corrected chi connectivity index (χ4v) is 3.41. The van der Waals surface area contributed by atoms with E-state index in [0.717, 1.165) is 16.8 Å². The number of rotatable bonds is 5. The summed E-state index contributed by atoms with van der Waals surface area (Å²) in [6, 6.07) is 11.4. The number of hydrogen-bond acceptors (Lipinski definition) is 6. The van der Waals surface area contributed by atoms with Crippen LogP contribution in [-0.2, 0) is 20.9 Å². The Balaban J connectivity index is 1.37. The molecule has 154 valence electrons. The van der Waals surface area contributed by atoms with Gasteiger partial charge in [0.25, 0.3) is 5.89 Å². The van der Waals surface area contributed by atoms with Crippen molar-refractivity contribution in [3.63, 3.8) is 0 Å². The molecule has 2 heterocycles. The van der Waals surface area contributed by atoms with Crippen molar-refractivity contribution in [2.75, 3.05) is 11.4 Å². The van der Waals surface area contributed by atoms with Crippen molar-refractivity contribution in [1.82, 2.24) is 10.1 Å². The first-order chi connectivity index (χ1) is 14.4. The highest BCUT2D eigenvalue weighted by Crippen LogP contribution is 2.30. The van der Waals surface area contributed by atoms with E-state index in [2.05, 4.69) is 10.1 Å². The maximum Gasteiger partial charge on any atom is 0.311 e. The predicted molar refractivity (Wildman–Crippen MR) is 106 cm³/mol. The zero-order valence-corrected chi connectivity index (χ0v) is 16.6. The van der Waals surface area contributed by atoms with Crippen LogP contribution in [-0.4, -0.2) is 28.6 Å². The number of carbonyl (C=O) groups excluding carboxylic acids is 2. The topological polar surface area (TPSA) is 85.5 Å². The van der Waals surface area contributed by atoms with Gasteiger partial charge in [0.15, 0.2) is 6.61 Å². The van der Waals surface area contributed by atoms with Gasteiger partial charge in [0.1, 0.15) is 5.82 Å². The number of carbonyl (C=O) groups is 2. The summed E-state index contributed by atoms with van der Waals surface area (Å²) in [6.07, 6.45) is 0.0941. The molecular formula is C22H20FN3O4. The van der Waals surface area contributed by atoms with E-state index >= 15 is 0 Å². The van der Waals surface area contributed by atoms with Crippen LogP contribution in [0.1, 0.15) is 23.4 Å². The zero-order chi connectivity index (χ0) is 21.3. The average molecular weight is 409 g/mol. The smallest absolute Gasteiger partial charge is 0.311 e. The van der Waals surface area contributed by atoms with Crippen LogP contribution in [0.15, 0.2) is 47.0 Å². The second-order valence-electron chi connectivity index (χ2n) is 7.25. The van der Waals surface area contributed by atoms with Crippen molar-refractivity contribution in [2.45, 2.75) is 26.9 Å². The molecule has 0 saturated carbocycles. The molecule has 1 amide bonds. The van der Waals surface area contributed by atoms with E-state index < -0.39 is 11.9 Å². The molecule has 0 bridgehead atoms. The quantitative estimate of drug-likeness (QED) is 0.599. The van der Waals surface area contributed by atoms with Gasteiger partial charge in [0, 0.05) is 24.2 Å². The molecule has 1 aromatic heterocycles. The molecule has 4 rings (SSSR count). The number of hydrogen-bond donors (Lipinski definition) is 0. The Morgan fingerprint density at radius 2 is 2.00 bits per heavy atom. The van der Waals surface area contributed by atoms with Gasteiger partial charge < -0.3 is 14.2 Å². The van der Waals surface area contributed by atoms with Gasteiger partial charge in [-0.25, -0.2) is 4.39 Å². The maximum absolute atomic E-state index is 13.0. The summed E-state index contributed by atoms with van der Waals surface area (Å²) in [5.41, 5.74) is 3.50. The van der Waals surface area contributed by atoms with Crippen LogP contribution in [0.2, 0.25) is 0 Å². The summed E-state index contributed by atoms with van der Waals surface area (Å²) >= 11 is 0. The van der Waals surface area contributed by atoms with Gasteiger partial charge in [-0.1, -0.05) is 17.3 Å². The van der Waals surface area contributed by atoms with Gasteiger partial charge in [-0.15, -0.1) is 0 Å². The summed E-state index contributed by atoms with van der Waals surface area (Å²) in [5, 5.41) is 3.81. The molecule has 1 atom stereocenters. The molecule has 30 heavy (non-hydrogen) atoms. The lowest BCUT2D eigenvalue weighted by Gasteiger charge is -2.20. The Hall–Kier alpha value is -3.55. The van der Waals surface area contributed by atoms with Gasteiger partial charge in [0.2, 0.25) is 11.7 Å². The van der Waals surface area contributed by atoms with Gasteiger partial charge >= 0.3 is 5.97 Å². The SMILES string of the molecule is Cc1cccc(N2CC(C(=O)OCc3nc(-c4ccc(F)cc4)no3)CC2=O)c1C. The second-order valence-corrected chi connectivity index (χ2v) is 7.25. The van der Waals surface area contributed by atoms with Crippen molar-refractivity contribution in [3.8, 4) is 11.4 Å². The third-order valence-electron chi connectivity index (χ3n) is 5.23. The minimum absolute atomic E-state index is 0.0941. The first-order valence-corrected chi connectivity index (χ1v) is 9.54. The van der Waals surface area contributed by atoms with Crippen LogP contribution in [0.25, 0.3) is 11.4 Å². The van der Waals surface area contributed by atoms with Crippen LogP contribution in [0.4, 0.5) is 10.1 Å². The van der Waals surface area contributed by atoms with Crippen molar-refractivity contribution in [2.24, 2.45) is 5.92 Å². The van der Waals surface area contributed by atoms with Crippen LogP contribution in [0, 0.1) is 25.6 Å². The second kappa shape index (κ2) is 8.06. The van der Waals surface area contributed by atoms with Crippen molar-refractivity contribution < 1.29 is 23.2 Å². The Bertz CT molecular complexity index is 1090. The number of aromatic nitrogens is 2. The highest BCUT2D eigenvalue weighted by molar-refractivity contribution is 6.00. The first kappa shape index (κ1) is 19.8. The monoisotopic (exact) mass is 409 g/mol. The van der Waals surface area contributed by atoms with Crippen LogP contribution >= 0.6 is 0 Å². The molecule has 1 unspecified atom stereocenters. The van der Waals surface area contributed by atoms with E-state index in [9.17, 15) is 14.0 Å². The Morgan fingerprint density at radius 1 is 1.23 bits per heavy atom. The summed E-state index contributed by atoms with van der Waals surface area (Å²) in [6.45, 7) is 4.02. The molecule has 1 fully saturated rings. The number of nitrogens with zero attached hydrogens (tertiary/aromatic N) is 3. The first-order valence-electron chi connectivity index (χ1n) is 9.54. The minimum Gasteiger partial charge on any atom is -0.455 e. The highest BCUT2D eigenvalue weighted by atomic mass is 19.1. The molecule has 0 N–H and O–H groups in total. The fourth-order valence-electron chi connectivity index (χ4n) is 3.41. The van der Waals surface area contributed by atoms with E-state index in [1.807, 2.05) is 32.0 Å². The predicted octanol–water partition coefficient (Wildman–Crippen LogP) is 3.59. The third kappa shape index (κ3) is 3.94. The molecule has 1 aliphatic heterocycles. The van der Waals surface area contributed by atoms with E-state index in [1.165, 1.54) is 24.3 Å². The number of benzene rings is 2. The molecule has 1 saturated heterocycles. The van der Waals surface area contributed by atoms with Crippen molar-refractivity contribution in [3.05, 3.63) is 65.3 Å². The number of anilines is 1. The summed E-state index contributed by atoms with van der Waals surface area (Å²) in [5.74, 6) is -1.12. The lowest BCUT2D eigenvalue weighted by molar-refractivity contribution is -0.150. The van der Waals surface area contributed by atoms with Crippen LogP contribution in [0.3, 0.4) is 0 Å². The number of halogens is 1. The molecule has 3 aromatic rings. The molecule has 0 spiro atoms. The third-order valence-corrected chi connectivity index (χ3v) is 5.23. The maximum atomic E-state index is 13.0. The number of ether oxygens (including phenoxy) is 1. The van der Waals surface area contributed by atoms with Gasteiger partial charge in [-0.05, 0) is 55.3 Å². The highest BCUT2D eigenvalue weighted by Gasteiger charge is 2.37. The standard InChI is InChI=1S/C22H20FN3O4/c1-13-4-3-5-18(14(13)2)26-11-16(10-20(26)27)22(28)29-12-19-24-21(25-30-19)15-6-8-17(23)9-7-15/h3-9,16H,10-12H2,1-2H3. The molecule has 7 nitrogen and oxygen atoms in total. The molecule has 2 aromatic carbocycles. The van der Waals surface area contributed by atoms with E-state index in [1.54, 1.807) is 4.90 Å². The van der Waals surface area contributed by atoms with Crippen LogP contribution in [0.5, 0.6) is 0 Å². The Morgan fingerprint density at radius 3 is 2.77 bits per heavy atom. The van der Waals surface area contributed by atoms with Gasteiger partial charge in [-0.2, -0.15) is 4.98 Å². The van der Waals surface area contributed by atoms with Crippen molar-refractivity contribution in [1.29, 1.82) is 0 Å². The Kier molecular flexibility index (Phi) is 5.31. The van der Waals surface area contributed by atoms with Crippen molar-refractivity contribution >= 4 is 17.6 Å². The van der Waals surface area contributed by atoms with Gasteiger partial charge in [-0.3, -0.25) is 9.59 Å². The van der Waals surface area contributed by atoms with Gasteiger partial charge in [0.05, 0.1) is 5.92 Å². The minimum atomic E-state index is -0.558. The molecule has 1 aliphatic rings. The molecule has 8 heteroatoms. The average Bonchev–Trinajstić information content (AvgIpc) is 3.36. The number of esters is 1. The lowest BCUT2D eigenvalue weighted by atomic mass is 10.1. The number of aryl methyl sites for hydroxylation is 1. The van der Waals surface area contributed by atoms with E-state index in [0.29, 0.717) is 5.56 Å². The van der Waals surface area contributed by atoms with Crippen LogP contribution < -0.4 is 4.90 Å². The lowest BCUT2D eigenvalue weighted by Crippen LogP contribution is -2.27. The molecule has 0 radical (unpaired) electrons. The molecular weight excluding hydrogens is 389 g/mol. The van der Waals surface area contributed by atoms with E-state index in [4.69, 9.17) is 9.26 Å². The number of amides is 1. The molecule has 0 aliphatic carbocycles. The summed E-state index contributed by atoms with van der Waals surface area (Å²) in [7, 11) is 0. The fraction of sp³-hybridized carbons (Fsp3) is 0.273. The zero-order valence-electron chi connectivity index (χ0n) is 16.6. The Labute approximate surface area is 172 Å². The summed E-state index contributed by atoms with van der Waals surface area (Å²) < 4.78 is 23.4. The van der Waals surface area contributed by atoms with E-state index in [-0.39, 0.29) is 43.0 Å². The largest absolute Gasteiger partial charge is 0.455 e.